The molecule has 0 bridgehead atoms. The van der Waals surface area contributed by atoms with Crippen LogP contribution < -0.4 is 0 Å². The van der Waals surface area contributed by atoms with E-state index >= 15 is 0 Å². The summed E-state index contributed by atoms with van der Waals surface area (Å²) in [4.78, 5) is 16.7. The summed E-state index contributed by atoms with van der Waals surface area (Å²) in [6.45, 7) is 0. The van der Waals surface area contributed by atoms with E-state index in [1.807, 2.05) is 0 Å². The van der Waals surface area contributed by atoms with Crippen molar-refractivity contribution >= 4 is 22.1 Å². The maximum absolute atomic E-state index is 8.35. The fourth-order valence-electron chi connectivity index (χ4n) is 0. The lowest BCUT2D eigenvalue weighted by molar-refractivity contribution is 0.562. The van der Waals surface area contributed by atoms with Crippen molar-refractivity contribution < 1.29 is 9.59 Å². The van der Waals surface area contributed by atoms with Gasteiger partial charge in [-0.25, -0.2) is 20.4 Å². The minimum absolute atomic E-state index is 0. The lowest BCUT2D eigenvalue weighted by Gasteiger charge is -1.02. The molecule has 1 atom stereocenters. The Morgan fingerprint density at radius 3 is 1.00 bits per heavy atom. The van der Waals surface area contributed by atoms with Crippen LogP contribution in [0, 0.1) is 10.8 Å². The maximum atomic E-state index is 8.35. The second-order valence-electron chi connectivity index (χ2n) is 0.204. The highest BCUT2D eigenvalue weighted by atomic mass is 31.0. The van der Waals surface area contributed by atoms with Gasteiger partial charge in [0, 0.05) is 0 Å². The summed E-state index contributed by atoms with van der Waals surface area (Å²) >= 11 is 0. The zero-order chi connectivity index (χ0) is 5.41. The highest BCUT2D eigenvalue weighted by Gasteiger charge is 1.04. The fraction of sp³-hybridized carbons (Fsp3) is 0.333. The summed E-state index contributed by atoms with van der Waals surface area (Å²) in [5.74, 6) is 0. The molecule has 0 saturated carbocycles. The molecule has 0 heterocycles. The first-order valence-electron chi connectivity index (χ1n) is 0.908. The zero-order valence-corrected chi connectivity index (χ0v) is 4.94. The number of hydrogen-bond acceptors (Lipinski definition) is 4. The van der Waals surface area contributed by atoms with Gasteiger partial charge in [-0.1, -0.05) is 7.43 Å². The molecule has 0 aliphatic carbocycles. The predicted molar refractivity (Wildman–Crippen MR) is 34.7 cm³/mol. The number of carbonyl (C=O) groups excluding carboxylic acids is 2. The lowest BCUT2D eigenvalue weighted by Crippen LogP contribution is -1.16. The molecule has 2 N–H and O–H groups in total. The normalized spacial score (nSPS) is 2.00. The Bertz CT molecular complexity index is 69.3. The van der Waals surface area contributed by atoms with Gasteiger partial charge >= 0.3 is 0 Å². The van der Waals surface area contributed by atoms with Crippen LogP contribution in [0.3, 0.4) is 0 Å². The minimum Gasteiger partial charge on any atom is -0.222 e. The van der Waals surface area contributed by atoms with Crippen molar-refractivity contribution in [2.45, 2.75) is 7.43 Å². The molecule has 5 heteroatoms. The van der Waals surface area contributed by atoms with E-state index in [9.17, 15) is 0 Å². The third kappa shape index (κ3) is 139. The fourth-order valence-corrected chi connectivity index (χ4v) is 0. The van der Waals surface area contributed by atoms with Gasteiger partial charge in [-0.3, -0.25) is 0 Å². The standard InChI is InChI=1S/2CHNO.CH4.H3P/c2*2-1-3;;/h2*2H;1H4;1H3. The van der Waals surface area contributed by atoms with Crippen LogP contribution >= 0.6 is 9.90 Å². The largest absolute Gasteiger partial charge is 0.231 e. The van der Waals surface area contributed by atoms with Crippen molar-refractivity contribution in [3.63, 3.8) is 0 Å². The Morgan fingerprint density at radius 1 is 1.00 bits per heavy atom. The van der Waals surface area contributed by atoms with Gasteiger partial charge in [0.15, 0.2) is 0 Å². The number of nitrogens with one attached hydrogen (secondary N) is 2. The summed E-state index contributed by atoms with van der Waals surface area (Å²) < 4.78 is 0. The van der Waals surface area contributed by atoms with Gasteiger partial charge < -0.3 is 0 Å². The maximum Gasteiger partial charge on any atom is 0.231 e. The number of rotatable bonds is 0. The Kier molecular flexibility index (Phi) is 398. The van der Waals surface area contributed by atoms with Crippen LogP contribution in [0.1, 0.15) is 7.43 Å². The van der Waals surface area contributed by atoms with Crippen LogP contribution in [0.2, 0.25) is 0 Å². The summed E-state index contributed by atoms with van der Waals surface area (Å²) in [5, 5.41) is 10.8. The third-order valence-electron chi connectivity index (χ3n) is 0. The summed E-state index contributed by atoms with van der Waals surface area (Å²) in [7, 11) is 0. The van der Waals surface area contributed by atoms with Gasteiger partial charge in [0.1, 0.15) is 0 Å². The average molecular weight is 136 g/mol. The first-order valence-corrected chi connectivity index (χ1v) is 0.908. The van der Waals surface area contributed by atoms with Gasteiger partial charge in [0.2, 0.25) is 12.2 Å². The van der Waals surface area contributed by atoms with Gasteiger partial charge in [0.25, 0.3) is 0 Å². The topological polar surface area (TPSA) is 81.8 Å². The van der Waals surface area contributed by atoms with E-state index in [2.05, 4.69) is 0 Å². The quantitative estimate of drug-likeness (QED) is 0.288. The Labute approximate surface area is 50.9 Å². The Hall–Kier alpha value is -0.810. The first-order chi connectivity index (χ1) is 2.83. The third-order valence-corrected chi connectivity index (χ3v) is 0. The van der Waals surface area contributed by atoms with Crippen molar-refractivity contribution in [3.05, 3.63) is 0 Å². The van der Waals surface area contributed by atoms with Crippen LogP contribution in [-0.2, 0) is 9.59 Å². The van der Waals surface area contributed by atoms with Gasteiger partial charge in [0.05, 0.1) is 0 Å². The van der Waals surface area contributed by atoms with Crippen molar-refractivity contribution in [1.29, 1.82) is 10.8 Å². The smallest absolute Gasteiger partial charge is 0.222 e. The molecule has 0 saturated heterocycles. The molecular formula is C3H9N2O2P. The molecule has 0 radical (unpaired) electrons. The molecule has 8 heavy (non-hydrogen) atoms. The lowest BCUT2D eigenvalue weighted by atomic mass is 11.7. The van der Waals surface area contributed by atoms with Crippen LogP contribution in [0.25, 0.3) is 0 Å². The molecule has 0 rings (SSSR count). The summed E-state index contributed by atoms with van der Waals surface area (Å²) in [5.41, 5.74) is 0. The van der Waals surface area contributed by atoms with Crippen molar-refractivity contribution in [3.8, 4) is 0 Å². The van der Waals surface area contributed by atoms with Crippen LogP contribution in [-0.4, -0.2) is 12.2 Å². The van der Waals surface area contributed by atoms with Crippen molar-refractivity contribution in [2.75, 3.05) is 0 Å². The second kappa shape index (κ2) is 118. The van der Waals surface area contributed by atoms with Crippen LogP contribution in [0.5, 0.6) is 0 Å². The van der Waals surface area contributed by atoms with E-state index in [-0.39, 0.29) is 17.3 Å². The molecule has 48 valence electrons. The molecule has 0 fully saturated rings. The molecule has 0 spiro atoms. The molecule has 0 amide bonds. The molecule has 0 aromatic carbocycles. The predicted octanol–water partition coefficient (Wildman–Crippen LogP) is 0.496. The Balaban J connectivity index is -0.0000000160. The molecule has 0 aliphatic heterocycles. The molecular weight excluding hydrogens is 127 g/mol. The molecule has 0 aromatic heterocycles. The van der Waals surface area contributed by atoms with Gasteiger partial charge in [-0.15, -0.1) is 0 Å². The van der Waals surface area contributed by atoms with E-state index in [1.54, 1.807) is 0 Å². The highest BCUT2D eigenvalue weighted by Crippen LogP contribution is 0.871. The zero-order valence-electron chi connectivity index (χ0n) is 3.52. The second-order valence-corrected chi connectivity index (χ2v) is 0.204. The van der Waals surface area contributed by atoms with Crippen LogP contribution in [0.4, 0.5) is 0 Å². The van der Waals surface area contributed by atoms with Crippen molar-refractivity contribution in [2.24, 2.45) is 0 Å². The SMILES string of the molecule is C.N=C=O.N=C=O.P. The van der Waals surface area contributed by atoms with E-state index in [4.69, 9.17) is 20.4 Å². The van der Waals surface area contributed by atoms with E-state index in [0.717, 1.165) is 12.2 Å². The average Bonchev–Trinajstić information content (AvgIpc) is 1.39. The number of isocyanates is 2. The molecule has 0 aliphatic rings. The number of hydrogen-bond donors (Lipinski definition) is 2. The van der Waals surface area contributed by atoms with Gasteiger partial charge in [-0.2, -0.15) is 9.90 Å². The van der Waals surface area contributed by atoms with E-state index in [1.165, 1.54) is 0 Å². The summed E-state index contributed by atoms with van der Waals surface area (Å²) in [6, 6.07) is 0. The van der Waals surface area contributed by atoms with E-state index < -0.39 is 0 Å². The van der Waals surface area contributed by atoms with Crippen molar-refractivity contribution in [1.82, 2.24) is 0 Å². The Morgan fingerprint density at radius 2 is 1.00 bits per heavy atom. The van der Waals surface area contributed by atoms with E-state index in [0.29, 0.717) is 0 Å². The first kappa shape index (κ1) is 27.1. The van der Waals surface area contributed by atoms with Crippen LogP contribution in [0.15, 0.2) is 0 Å². The molecule has 1 unspecified atom stereocenters. The highest BCUT2D eigenvalue weighted by molar-refractivity contribution is 6.92. The molecule has 4 nitrogen and oxygen atoms in total. The monoisotopic (exact) mass is 136 g/mol. The minimum atomic E-state index is 0. The van der Waals surface area contributed by atoms with Gasteiger partial charge in [-0.05, 0) is 0 Å². The summed E-state index contributed by atoms with van der Waals surface area (Å²) in [6.07, 6.45) is 1.50. The molecule has 0 aromatic rings.